The number of aryl methyl sites for hydroxylation is 1. The average molecular weight is 306 g/mol. The van der Waals surface area contributed by atoms with Crippen LogP contribution in [0.5, 0.6) is 0 Å². The molecule has 0 spiro atoms. The number of hydrogen-bond donors (Lipinski definition) is 2. The first-order valence-electron chi connectivity index (χ1n) is 8.08. The minimum absolute atomic E-state index is 0.0576. The van der Waals surface area contributed by atoms with Gasteiger partial charge in [0.1, 0.15) is 0 Å². The van der Waals surface area contributed by atoms with Crippen molar-refractivity contribution in [2.24, 2.45) is 0 Å². The van der Waals surface area contributed by atoms with Gasteiger partial charge in [0, 0.05) is 17.1 Å². The number of carbonyl (C=O) groups excluding carboxylic acids is 1. The largest absolute Gasteiger partial charge is 0.361 e. The fourth-order valence-corrected chi connectivity index (χ4v) is 2.92. The van der Waals surface area contributed by atoms with Crippen molar-refractivity contribution in [1.82, 2.24) is 10.3 Å². The number of benzene rings is 2. The maximum Gasteiger partial charge on any atom is 0.224 e. The smallest absolute Gasteiger partial charge is 0.224 e. The summed E-state index contributed by atoms with van der Waals surface area (Å²) in [6.07, 6.45) is 3.20. The molecule has 1 atom stereocenters. The third-order valence-corrected chi connectivity index (χ3v) is 4.25. The lowest BCUT2D eigenvalue weighted by atomic mass is 10.0. The summed E-state index contributed by atoms with van der Waals surface area (Å²) >= 11 is 0. The first-order valence-corrected chi connectivity index (χ1v) is 8.08. The zero-order valence-electron chi connectivity index (χ0n) is 13.6. The van der Waals surface area contributed by atoms with Crippen molar-refractivity contribution in [2.75, 3.05) is 0 Å². The Hall–Kier alpha value is -2.55. The molecule has 2 aromatic carbocycles. The molecule has 0 radical (unpaired) electrons. The number of aromatic nitrogens is 1. The predicted octanol–water partition coefficient (Wildman–Crippen LogP) is 4.29. The molecule has 1 amide bonds. The van der Waals surface area contributed by atoms with E-state index in [1.807, 2.05) is 30.5 Å². The molecule has 0 aliphatic rings. The minimum atomic E-state index is 0.0576. The van der Waals surface area contributed by atoms with Gasteiger partial charge in [-0.25, -0.2) is 0 Å². The van der Waals surface area contributed by atoms with Gasteiger partial charge in [0.15, 0.2) is 0 Å². The summed E-state index contributed by atoms with van der Waals surface area (Å²) < 4.78 is 0. The van der Waals surface area contributed by atoms with Crippen LogP contribution in [0.1, 0.15) is 36.1 Å². The van der Waals surface area contributed by atoms with E-state index in [1.165, 1.54) is 5.56 Å². The van der Waals surface area contributed by atoms with E-state index in [9.17, 15) is 4.79 Å². The molecule has 0 bridgehead atoms. The van der Waals surface area contributed by atoms with E-state index in [0.29, 0.717) is 6.42 Å². The van der Waals surface area contributed by atoms with Crippen LogP contribution in [0.3, 0.4) is 0 Å². The highest BCUT2D eigenvalue weighted by atomic mass is 16.1. The summed E-state index contributed by atoms with van der Waals surface area (Å²) in [5.74, 6) is 0.0576. The predicted molar refractivity (Wildman–Crippen MR) is 94.4 cm³/mol. The van der Waals surface area contributed by atoms with Gasteiger partial charge in [-0.05, 0) is 30.5 Å². The molecule has 1 aromatic heterocycles. The number of amides is 1. The Balaban J connectivity index is 1.71. The molecule has 0 aliphatic heterocycles. The van der Waals surface area contributed by atoms with Crippen LogP contribution in [0.15, 0.2) is 54.7 Å². The number of H-pyrrole nitrogens is 1. The van der Waals surface area contributed by atoms with Gasteiger partial charge in [0.2, 0.25) is 5.91 Å². The fourth-order valence-electron chi connectivity index (χ4n) is 2.92. The molecular weight excluding hydrogens is 284 g/mol. The van der Waals surface area contributed by atoms with Crippen molar-refractivity contribution in [3.63, 3.8) is 0 Å². The summed E-state index contributed by atoms with van der Waals surface area (Å²) in [7, 11) is 0. The van der Waals surface area contributed by atoms with Gasteiger partial charge in [-0.3, -0.25) is 4.79 Å². The molecule has 118 valence electrons. The van der Waals surface area contributed by atoms with Crippen LogP contribution in [0.25, 0.3) is 10.9 Å². The summed E-state index contributed by atoms with van der Waals surface area (Å²) in [5, 5.41) is 4.27. The van der Waals surface area contributed by atoms with Crippen molar-refractivity contribution < 1.29 is 4.79 Å². The molecule has 0 saturated carbocycles. The zero-order chi connectivity index (χ0) is 16.2. The number of fused-ring (bicyclic) bond motifs is 1. The van der Waals surface area contributed by atoms with E-state index >= 15 is 0 Å². The second kappa shape index (κ2) is 6.69. The highest BCUT2D eigenvalue weighted by Gasteiger charge is 2.14. The number of carbonyl (C=O) groups is 1. The Bertz CT molecular complexity index is 802. The third-order valence-electron chi connectivity index (χ3n) is 4.25. The average Bonchev–Trinajstić information content (AvgIpc) is 2.97. The zero-order valence-corrected chi connectivity index (χ0v) is 13.6. The summed E-state index contributed by atoms with van der Waals surface area (Å²) in [5.41, 5.74) is 4.50. The Morgan fingerprint density at radius 1 is 1.13 bits per heavy atom. The Labute approximate surface area is 136 Å². The van der Waals surface area contributed by atoms with Crippen molar-refractivity contribution in [1.29, 1.82) is 0 Å². The van der Waals surface area contributed by atoms with E-state index < -0.39 is 0 Å². The second-order valence-electron chi connectivity index (χ2n) is 5.98. The summed E-state index contributed by atoms with van der Waals surface area (Å²) in [6.45, 7) is 4.16. The van der Waals surface area contributed by atoms with Gasteiger partial charge in [-0.2, -0.15) is 0 Å². The summed E-state index contributed by atoms with van der Waals surface area (Å²) in [6, 6.07) is 16.5. The van der Waals surface area contributed by atoms with Crippen LogP contribution in [0.2, 0.25) is 0 Å². The van der Waals surface area contributed by atoms with Crippen molar-refractivity contribution in [3.8, 4) is 0 Å². The SMILES string of the molecule is CCC(NC(=O)Cc1c[nH]c2ccccc12)c1ccc(C)cc1. The minimum Gasteiger partial charge on any atom is -0.361 e. The van der Waals surface area contributed by atoms with Gasteiger partial charge in [-0.15, -0.1) is 0 Å². The highest BCUT2D eigenvalue weighted by Crippen LogP contribution is 2.20. The van der Waals surface area contributed by atoms with E-state index in [-0.39, 0.29) is 11.9 Å². The molecule has 0 aliphatic carbocycles. The van der Waals surface area contributed by atoms with Gasteiger partial charge in [-0.1, -0.05) is 55.0 Å². The van der Waals surface area contributed by atoms with E-state index in [0.717, 1.165) is 28.5 Å². The first kappa shape index (κ1) is 15.3. The van der Waals surface area contributed by atoms with Gasteiger partial charge in [0.25, 0.3) is 0 Å². The normalized spacial score (nSPS) is 12.3. The van der Waals surface area contributed by atoms with Crippen molar-refractivity contribution in [3.05, 3.63) is 71.4 Å². The van der Waals surface area contributed by atoms with Crippen LogP contribution >= 0.6 is 0 Å². The molecular formula is C20H22N2O. The molecule has 3 rings (SSSR count). The second-order valence-corrected chi connectivity index (χ2v) is 5.98. The number of rotatable bonds is 5. The summed E-state index contributed by atoms with van der Waals surface area (Å²) in [4.78, 5) is 15.7. The number of hydrogen-bond acceptors (Lipinski definition) is 1. The monoisotopic (exact) mass is 306 g/mol. The highest BCUT2D eigenvalue weighted by molar-refractivity contribution is 5.88. The molecule has 3 nitrogen and oxygen atoms in total. The number of aromatic amines is 1. The molecule has 1 heterocycles. The van der Waals surface area contributed by atoms with Gasteiger partial charge < -0.3 is 10.3 Å². The van der Waals surface area contributed by atoms with Crippen LogP contribution in [-0.4, -0.2) is 10.9 Å². The molecule has 0 saturated heterocycles. The van der Waals surface area contributed by atoms with Crippen LogP contribution < -0.4 is 5.32 Å². The number of para-hydroxylation sites is 1. The maximum absolute atomic E-state index is 12.4. The lowest BCUT2D eigenvalue weighted by molar-refractivity contribution is -0.121. The van der Waals surface area contributed by atoms with Crippen LogP contribution in [0.4, 0.5) is 0 Å². The topological polar surface area (TPSA) is 44.9 Å². The molecule has 3 aromatic rings. The Kier molecular flexibility index (Phi) is 4.47. The van der Waals surface area contributed by atoms with Gasteiger partial charge in [0.05, 0.1) is 12.5 Å². The quantitative estimate of drug-likeness (QED) is 0.726. The molecule has 3 heteroatoms. The first-order chi connectivity index (χ1) is 11.2. The van der Waals surface area contributed by atoms with Crippen molar-refractivity contribution in [2.45, 2.75) is 32.7 Å². The Morgan fingerprint density at radius 3 is 2.61 bits per heavy atom. The van der Waals surface area contributed by atoms with Gasteiger partial charge >= 0.3 is 0 Å². The maximum atomic E-state index is 12.4. The molecule has 2 N–H and O–H groups in total. The molecule has 0 fully saturated rings. The third kappa shape index (κ3) is 3.45. The molecule has 1 unspecified atom stereocenters. The van der Waals surface area contributed by atoms with E-state index in [2.05, 4.69) is 48.4 Å². The number of nitrogens with one attached hydrogen (secondary N) is 2. The molecule has 23 heavy (non-hydrogen) atoms. The van der Waals surface area contributed by atoms with Crippen LogP contribution in [0, 0.1) is 6.92 Å². The Morgan fingerprint density at radius 2 is 1.87 bits per heavy atom. The standard InChI is InChI=1S/C20H22N2O/c1-3-18(15-10-8-14(2)9-11-15)22-20(23)12-16-13-21-19-7-5-4-6-17(16)19/h4-11,13,18,21H,3,12H2,1-2H3,(H,22,23). The van der Waals surface area contributed by atoms with E-state index in [4.69, 9.17) is 0 Å². The fraction of sp³-hybridized carbons (Fsp3) is 0.250. The van der Waals surface area contributed by atoms with Crippen LogP contribution in [-0.2, 0) is 11.2 Å². The lowest BCUT2D eigenvalue weighted by Crippen LogP contribution is -2.29. The van der Waals surface area contributed by atoms with E-state index in [1.54, 1.807) is 0 Å². The van der Waals surface area contributed by atoms with Crippen molar-refractivity contribution >= 4 is 16.8 Å². The lowest BCUT2D eigenvalue weighted by Gasteiger charge is -2.17.